The van der Waals surface area contributed by atoms with E-state index in [2.05, 4.69) is 18.7 Å². The Balaban J connectivity index is 2.39. The van der Waals surface area contributed by atoms with Gasteiger partial charge in [-0.05, 0) is 24.8 Å². The van der Waals surface area contributed by atoms with Gasteiger partial charge in [-0.1, -0.05) is 13.8 Å². The van der Waals surface area contributed by atoms with E-state index in [0.717, 1.165) is 19.4 Å². The molecule has 64 valence electrons. The van der Waals surface area contributed by atoms with Gasteiger partial charge < -0.3 is 4.79 Å². The molecule has 1 aliphatic rings. The van der Waals surface area contributed by atoms with Crippen LogP contribution in [0.15, 0.2) is 0 Å². The molecule has 0 atom stereocenters. The first kappa shape index (κ1) is 8.72. The van der Waals surface area contributed by atoms with E-state index >= 15 is 0 Å². The number of hydrogen-bond acceptors (Lipinski definition) is 2. The summed E-state index contributed by atoms with van der Waals surface area (Å²) in [4.78, 5) is 12.5. The Morgan fingerprint density at radius 2 is 2.27 bits per heavy atom. The molecule has 1 saturated heterocycles. The maximum Gasteiger partial charge on any atom is 0.133 e. The Morgan fingerprint density at radius 3 is 2.82 bits per heavy atom. The van der Waals surface area contributed by atoms with Gasteiger partial charge in [0.2, 0.25) is 0 Å². The summed E-state index contributed by atoms with van der Waals surface area (Å²) in [6.45, 7) is 7.32. The van der Waals surface area contributed by atoms with Gasteiger partial charge in [0, 0.05) is 6.54 Å². The van der Waals surface area contributed by atoms with E-state index in [4.69, 9.17) is 0 Å². The van der Waals surface area contributed by atoms with Crippen LogP contribution in [0.5, 0.6) is 0 Å². The highest BCUT2D eigenvalue weighted by Gasteiger charge is 2.25. The molecule has 0 aromatic rings. The molecule has 1 heterocycles. The zero-order valence-electron chi connectivity index (χ0n) is 7.47. The predicted octanol–water partition coefficient (Wildman–Crippen LogP) is 1.31. The van der Waals surface area contributed by atoms with Gasteiger partial charge in [0.05, 0.1) is 6.54 Å². The van der Waals surface area contributed by atoms with E-state index in [9.17, 15) is 4.79 Å². The van der Waals surface area contributed by atoms with E-state index < -0.39 is 0 Å². The number of likely N-dealkylation sites (tertiary alicyclic amines) is 1. The van der Waals surface area contributed by atoms with Gasteiger partial charge in [0.25, 0.3) is 0 Å². The fourth-order valence-electron chi connectivity index (χ4n) is 1.81. The smallest absolute Gasteiger partial charge is 0.133 e. The molecular weight excluding hydrogens is 138 g/mol. The fourth-order valence-corrected chi connectivity index (χ4v) is 1.81. The molecule has 0 spiro atoms. The van der Waals surface area contributed by atoms with Crippen LogP contribution in [0.25, 0.3) is 0 Å². The third-order valence-corrected chi connectivity index (χ3v) is 2.31. The lowest BCUT2D eigenvalue weighted by atomic mass is 9.84. The molecular formula is C9H17NO. The van der Waals surface area contributed by atoms with Gasteiger partial charge in [-0.3, -0.25) is 4.90 Å². The van der Waals surface area contributed by atoms with Crippen LogP contribution in [0.2, 0.25) is 0 Å². The number of carbonyl (C=O) groups is 1. The van der Waals surface area contributed by atoms with Gasteiger partial charge in [0.15, 0.2) is 0 Å². The maximum absolute atomic E-state index is 10.2. The normalized spacial score (nSPS) is 24.9. The minimum Gasteiger partial charge on any atom is -0.302 e. The average molecular weight is 155 g/mol. The number of piperidine rings is 1. The molecule has 0 radical (unpaired) electrons. The van der Waals surface area contributed by atoms with Crippen molar-refractivity contribution in [2.75, 3.05) is 19.6 Å². The molecule has 11 heavy (non-hydrogen) atoms. The van der Waals surface area contributed by atoms with Crippen molar-refractivity contribution in [3.8, 4) is 0 Å². The lowest BCUT2D eigenvalue weighted by Crippen LogP contribution is -2.40. The largest absolute Gasteiger partial charge is 0.302 e. The van der Waals surface area contributed by atoms with E-state index in [-0.39, 0.29) is 0 Å². The highest BCUT2D eigenvalue weighted by atomic mass is 16.1. The third kappa shape index (κ3) is 2.62. The van der Waals surface area contributed by atoms with Crippen molar-refractivity contribution in [2.24, 2.45) is 5.41 Å². The Labute approximate surface area is 68.6 Å². The molecule has 1 fully saturated rings. The Bertz CT molecular complexity index is 142. The second-order valence-electron chi connectivity index (χ2n) is 4.17. The summed E-state index contributed by atoms with van der Waals surface area (Å²) in [5.74, 6) is 0. The first-order valence-corrected chi connectivity index (χ1v) is 4.30. The minimum atomic E-state index is 0.418. The van der Waals surface area contributed by atoms with Crippen LogP contribution in [0, 0.1) is 5.41 Å². The molecule has 0 aromatic carbocycles. The highest BCUT2D eigenvalue weighted by molar-refractivity contribution is 5.51. The zero-order valence-corrected chi connectivity index (χ0v) is 7.47. The van der Waals surface area contributed by atoms with E-state index in [1.54, 1.807) is 0 Å². The lowest BCUT2D eigenvalue weighted by molar-refractivity contribution is -0.109. The summed E-state index contributed by atoms with van der Waals surface area (Å²) in [5, 5.41) is 0. The molecule has 0 unspecified atom stereocenters. The maximum atomic E-state index is 10.2. The van der Waals surface area contributed by atoms with Crippen LogP contribution in [-0.4, -0.2) is 30.8 Å². The predicted molar refractivity (Wildman–Crippen MR) is 45.5 cm³/mol. The topological polar surface area (TPSA) is 20.3 Å². The molecule has 0 aromatic heterocycles. The van der Waals surface area contributed by atoms with E-state index in [0.29, 0.717) is 12.0 Å². The fraction of sp³-hybridized carbons (Fsp3) is 0.889. The van der Waals surface area contributed by atoms with Crippen LogP contribution < -0.4 is 0 Å². The molecule has 0 amide bonds. The van der Waals surface area contributed by atoms with Crippen LogP contribution in [0.3, 0.4) is 0 Å². The number of carbonyl (C=O) groups excluding carboxylic acids is 1. The first-order valence-electron chi connectivity index (χ1n) is 4.30. The minimum absolute atomic E-state index is 0.418. The quantitative estimate of drug-likeness (QED) is 0.560. The van der Waals surface area contributed by atoms with Crippen molar-refractivity contribution in [1.82, 2.24) is 4.90 Å². The SMILES string of the molecule is CC1(C)CCCN(CC=O)C1. The zero-order chi connectivity index (χ0) is 8.32. The average Bonchev–Trinajstić information content (AvgIpc) is 1.85. The van der Waals surface area contributed by atoms with Crippen molar-refractivity contribution in [3.63, 3.8) is 0 Å². The van der Waals surface area contributed by atoms with Crippen LogP contribution >= 0.6 is 0 Å². The number of rotatable bonds is 2. The summed E-state index contributed by atoms with van der Waals surface area (Å²) in [6.07, 6.45) is 3.53. The summed E-state index contributed by atoms with van der Waals surface area (Å²) in [7, 11) is 0. The molecule has 0 N–H and O–H groups in total. The highest BCUT2D eigenvalue weighted by Crippen LogP contribution is 2.27. The molecule has 1 aliphatic heterocycles. The van der Waals surface area contributed by atoms with Crippen molar-refractivity contribution < 1.29 is 4.79 Å². The number of nitrogens with zero attached hydrogens (tertiary/aromatic N) is 1. The van der Waals surface area contributed by atoms with Crippen LogP contribution in [0.1, 0.15) is 26.7 Å². The molecule has 0 bridgehead atoms. The van der Waals surface area contributed by atoms with Crippen LogP contribution in [-0.2, 0) is 4.79 Å². The van der Waals surface area contributed by atoms with Gasteiger partial charge in [-0.2, -0.15) is 0 Å². The van der Waals surface area contributed by atoms with Crippen LogP contribution in [0.4, 0.5) is 0 Å². The third-order valence-electron chi connectivity index (χ3n) is 2.31. The molecule has 2 nitrogen and oxygen atoms in total. The monoisotopic (exact) mass is 155 g/mol. The summed E-state index contributed by atoms with van der Waals surface area (Å²) in [6, 6.07) is 0. The lowest BCUT2D eigenvalue weighted by Gasteiger charge is -2.36. The van der Waals surface area contributed by atoms with E-state index in [1.165, 1.54) is 12.8 Å². The Hall–Kier alpha value is -0.370. The Morgan fingerprint density at radius 1 is 1.55 bits per heavy atom. The standard InChI is InChI=1S/C9H17NO/c1-9(2)4-3-5-10(8-9)6-7-11/h7H,3-6,8H2,1-2H3. The molecule has 0 aliphatic carbocycles. The summed E-state index contributed by atoms with van der Waals surface area (Å²) in [5.41, 5.74) is 0.418. The number of aldehydes is 1. The van der Waals surface area contributed by atoms with E-state index in [1.807, 2.05) is 0 Å². The molecule has 0 saturated carbocycles. The summed E-state index contributed by atoms with van der Waals surface area (Å²) >= 11 is 0. The van der Waals surface area contributed by atoms with Gasteiger partial charge >= 0.3 is 0 Å². The van der Waals surface area contributed by atoms with Gasteiger partial charge in [0.1, 0.15) is 6.29 Å². The first-order chi connectivity index (χ1) is 5.14. The van der Waals surface area contributed by atoms with Gasteiger partial charge in [-0.15, -0.1) is 0 Å². The van der Waals surface area contributed by atoms with Crippen molar-refractivity contribution in [1.29, 1.82) is 0 Å². The second-order valence-corrected chi connectivity index (χ2v) is 4.17. The summed E-state index contributed by atoms with van der Waals surface area (Å²) < 4.78 is 0. The van der Waals surface area contributed by atoms with Crippen molar-refractivity contribution in [2.45, 2.75) is 26.7 Å². The molecule has 2 heteroatoms. The molecule has 1 rings (SSSR count). The second kappa shape index (κ2) is 3.35. The van der Waals surface area contributed by atoms with Gasteiger partial charge in [-0.25, -0.2) is 0 Å². The number of hydrogen-bond donors (Lipinski definition) is 0. The van der Waals surface area contributed by atoms with Crippen molar-refractivity contribution >= 4 is 6.29 Å². The van der Waals surface area contributed by atoms with Crippen molar-refractivity contribution in [3.05, 3.63) is 0 Å². The Kier molecular flexibility index (Phi) is 2.66.